The summed E-state index contributed by atoms with van der Waals surface area (Å²) >= 11 is 0. The molecule has 0 aliphatic carbocycles. The molecule has 0 aromatic heterocycles. The maximum atomic E-state index is 11.1. The van der Waals surface area contributed by atoms with E-state index in [0.717, 1.165) is 6.26 Å². The number of hydrogen-bond donors (Lipinski definition) is 0. The predicted octanol–water partition coefficient (Wildman–Crippen LogP) is 0.791. The summed E-state index contributed by atoms with van der Waals surface area (Å²) in [5.41, 5.74) is 8.45. The molecule has 98 valence electrons. The van der Waals surface area contributed by atoms with Crippen LogP contribution in [0.5, 0.6) is 0 Å². The van der Waals surface area contributed by atoms with Gasteiger partial charge in [0.1, 0.15) is 6.10 Å². The molecule has 0 aromatic carbocycles. The van der Waals surface area contributed by atoms with Crippen molar-refractivity contribution in [1.82, 2.24) is 0 Å². The summed E-state index contributed by atoms with van der Waals surface area (Å²) < 4.78 is 37.5. The van der Waals surface area contributed by atoms with Gasteiger partial charge in [0.05, 0.1) is 18.4 Å². The van der Waals surface area contributed by atoms with Gasteiger partial charge in [0.2, 0.25) is 0 Å². The first kappa shape index (κ1) is 14.2. The second kappa shape index (κ2) is 5.65. The van der Waals surface area contributed by atoms with E-state index in [1.165, 1.54) is 7.11 Å². The molecule has 1 fully saturated rings. The van der Waals surface area contributed by atoms with E-state index in [9.17, 15) is 8.42 Å². The van der Waals surface area contributed by atoms with Crippen molar-refractivity contribution in [2.75, 3.05) is 13.4 Å². The molecule has 0 bridgehead atoms. The van der Waals surface area contributed by atoms with Crippen molar-refractivity contribution in [2.45, 2.75) is 37.9 Å². The van der Waals surface area contributed by atoms with Gasteiger partial charge in [-0.15, -0.1) is 0 Å². The Morgan fingerprint density at radius 2 is 2.18 bits per heavy atom. The second-order valence-electron chi connectivity index (χ2n) is 3.78. The summed E-state index contributed by atoms with van der Waals surface area (Å²) in [6.07, 6.45) is -0.702. The number of azide groups is 1. The van der Waals surface area contributed by atoms with Gasteiger partial charge in [-0.3, -0.25) is 4.18 Å². The van der Waals surface area contributed by atoms with Crippen LogP contribution in [0, 0.1) is 0 Å². The molecule has 4 atom stereocenters. The molecule has 4 unspecified atom stereocenters. The van der Waals surface area contributed by atoms with E-state index in [2.05, 4.69) is 10.0 Å². The van der Waals surface area contributed by atoms with Gasteiger partial charge in [0.15, 0.2) is 6.29 Å². The summed E-state index contributed by atoms with van der Waals surface area (Å²) in [5.74, 6) is 0. The van der Waals surface area contributed by atoms with Crippen LogP contribution in [0.2, 0.25) is 0 Å². The number of nitrogens with zero attached hydrogens (tertiary/aromatic N) is 3. The Morgan fingerprint density at radius 3 is 2.65 bits per heavy atom. The average molecular weight is 265 g/mol. The smallest absolute Gasteiger partial charge is 0.264 e. The molecule has 0 aromatic rings. The predicted molar refractivity (Wildman–Crippen MR) is 58.6 cm³/mol. The lowest BCUT2D eigenvalue weighted by Crippen LogP contribution is -2.48. The summed E-state index contributed by atoms with van der Waals surface area (Å²) in [7, 11) is -2.18. The zero-order valence-corrected chi connectivity index (χ0v) is 10.6. The monoisotopic (exact) mass is 265 g/mol. The standard InChI is InChI=1S/C8H15N3O5S/c1-5-8(16-17(3,12)13)6(10-11-9)4-7(14-2)15-5/h5-8H,4H2,1-3H3. The van der Waals surface area contributed by atoms with Gasteiger partial charge in [-0.25, -0.2) is 0 Å². The maximum absolute atomic E-state index is 11.1. The van der Waals surface area contributed by atoms with E-state index < -0.39 is 34.7 Å². The molecule has 1 aliphatic heterocycles. The van der Waals surface area contributed by atoms with Crippen LogP contribution >= 0.6 is 0 Å². The van der Waals surface area contributed by atoms with Crippen LogP contribution in [0.3, 0.4) is 0 Å². The Kier molecular flexibility index (Phi) is 4.72. The molecule has 0 saturated carbocycles. The Labute approximate surface area is 99.6 Å². The number of hydrogen-bond acceptors (Lipinski definition) is 6. The lowest BCUT2D eigenvalue weighted by Gasteiger charge is -2.36. The van der Waals surface area contributed by atoms with Gasteiger partial charge >= 0.3 is 0 Å². The highest BCUT2D eigenvalue weighted by atomic mass is 32.2. The van der Waals surface area contributed by atoms with Gasteiger partial charge in [0, 0.05) is 18.4 Å². The lowest BCUT2D eigenvalue weighted by molar-refractivity contribution is -0.206. The van der Waals surface area contributed by atoms with Crippen LogP contribution in [0.25, 0.3) is 10.4 Å². The zero-order chi connectivity index (χ0) is 13.1. The van der Waals surface area contributed by atoms with Crippen molar-refractivity contribution in [3.8, 4) is 0 Å². The molecule has 8 nitrogen and oxygen atoms in total. The molecular formula is C8H15N3O5S. The van der Waals surface area contributed by atoms with Gasteiger partial charge in [0.25, 0.3) is 10.1 Å². The highest BCUT2D eigenvalue weighted by molar-refractivity contribution is 7.86. The maximum Gasteiger partial charge on any atom is 0.264 e. The van der Waals surface area contributed by atoms with Crippen molar-refractivity contribution in [2.24, 2.45) is 5.11 Å². The van der Waals surface area contributed by atoms with E-state index >= 15 is 0 Å². The van der Waals surface area contributed by atoms with E-state index in [1.54, 1.807) is 6.92 Å². The van der Waals surface area contributed by atoms with Gasteiger partial charge in [-0.1, -0.05) is 5.11 Å². The molecule has 17 heavy (non-hydrogen) atoms. The first-order valence-electron chi connectivity index (χ1n) is 4.98. The molecule has 0 N–H and O–H groups in total. The minimum absolute atomic E-state index is 0.255. The Balaban J connectivity index is 2.87. The van der Waals surface area contributed by atoms with E-state index in [0.29, 0.717) is 0 Å². The summed E-state index contributed by atoms with van der Waals surface area (Å²) in [6.45, 7) is 1.64. The largest absolute Gasteiger partial charge is 0.356 e. The third-order valence-corrected chi connectivity index (χ3v) is 2.96. The van der Waals surface area contributed by atoms with E-state index in [4.69, 9.17) is 19.2 Å². The van der Waals surface area contributed by atoms with Crippen LogP contribution in [-0.2, 0) is 23.8 Å². The normalized spacial score (nSPS) is 34.1. The quantitative estimate of drug-likeness (QED) is 0.323. The fourth-order valence-corrected chi connectivity index (χ4v) is 2.38. The molecule has 0 radical (unpaired) electrons. The topological polar surface area (TPSA) is 111 Å². The SMILES string of the molecule is COC1CC(N=[N+]=[N-])C(OS(C)(=O)=O)C(C)O1. The minimum Gasteiger partial charge on any atom is -0.356 e. The van der Waals surface area contributed by atoms with Crippen LogP contribution in [0.4, 0.5) is 0 Å². The van der Waals surface area contributed by atoms with Gasteiger partial charge in [-0.05, 0) is 12.5 Å². The molecule has 0 amide bonds. The van der Waals surface area contributed by atoms with Crippen molar-refractivity contribution in [3.05, 3.63) is 10.4 Å². The van der Waals surface area contributed by atoms with Crippen molar-refractivity contribution in [1.29, 1.82) is 0 Å². The molecule has 1 heterocycles. The number of rotatable bonds is 4. The minimum atomic E-state index is -3.64. The van der Waals surface area contributed by atoms with Crippen molar-refractivity contribution >= 4 is 10.1 Å². The highest BCUT2D eigenvalue weighted by Crippen LogP contribution is 2.26. The molecule has 0 spiro atoms. The van der Waals surface area contributed by atoms with E-state index in [1.807, 2.05) is 0 Å². The lowest BCUT2D eigenvalue weighted by atomic mass is 10.0. The number of methoxy groups -OCH3 is 1. The molecule has 1 rings (SSSR count). The summed E-state index contributed by atoms with van der Waals surface area (Å²) in [4.78, 5) is 2.68. The summed E-state index contributed by atoms with van der Waals surface area (Å²) in [6, 6.07) is -0.636. The van der Waals surface area contributed by atoms with Crippen molar-refractivity contribution < 1.29 is 22.1 Å². The molecular weight excluding hydrogens is 250 g/mol. The second-order valence-corrected chi connectivity index (χ2v) is 5.38. The first-order valence-corrected chi connectivity index (χ1v) is 6.79. The van der Waals surface area contributed by atoms with Crippen molar-refractivity contribution in [3.63, 3.8) is 0 Å². The van der Waals surface area contributed by atoms with Crippen LogP contribution in [-0.4, -0.2) is 46.3 Å². The highest BCUT2D eigenvalue weighted by Gasteiger charge is 2.39. The summed E-state index contributed by atoms with van der Waals surface area (Å²) in [5, 5.41) is 3.53. The Hall–Kier alpha value is -0.860. The molecule has 1 saturated heterocycles. The average Bonchev–Trinajstić information content (AvgIpc) is 2.21. The number of ether oxygens (including phenoxy) is 2. The van der Waals surface area contributed by atoms with E-state index in [-0.39, 0.29) is 6.42 Å². The van der Waals surface area contributed by atoms with Crippen LogP contribution in [0.15, 0.2) is 5.11 Å². The van der Waals surface area contributed by atoms with Gasteiger partial charge < -0.3 is 9.47 Å². The Morgan fingerprint density at radius 1 is 1.53 bits per heavy atom. The fraction of sp³-hybridized carbons (Fsp3) is 1.00. The zero-order valence-electron chi connectivity index (χ0n) is 9.81. The third-order valence-electron chi connectivity index (χ3n) is 2.39. The fourth-order valence-electron chi connectivity index (χ4n) is 1.69. The van der Waals surface area contributed by atoms with Crippen LogP contribution in [0.1, 0.15) is 13.3 Å². The van der Waals surface area contributed by atoms with Gasteiger partial charge in [-0.2, -0.15) is 8.42 Å². The first-order chi connectivity index (χ1) is 7.87. The third kappa shape index (κ3) is 4.14. The van der Waals surface area contributed by atoms with Crippen LogP contribution < -0.4 is 0 Å². The Bertz CT molecular complexity index is 405. The molecule has 1 aliphatic rings. The molecule has 9 heteroatoms.